The molecule has 4 heteroatoms. The van der Waals surface area contributed by atoms with Crippen molar-refractivity contribution in [2.24, 2.45) is 5.92 Å². The molecule has 1 aromatic rings. The molecule has 0 amide bonds. The van der Waals surface area contributed by atoms with Crippen LogP contribution in [0, 0.1) is 10.6 Å². The highest BCUT2D eigenvalue weighted by Gasteiger charge is 2.20. The van der Waals surface area contributed by atoms with Gasteiger partial charge in [-0.3, -0.25) is 0 Å². The number of rotatable bonds is 3. The van der Waals surface area contributed by atoms with Crippen molar-refractivity contribution in [3.05, 3.63) is 20.6 Å². The summed E-state index contributed by atoms with van der Waals surface area (Å²) in [5.41, 5.74) is 1.21. The van der Waals surface area contributed by atoms with Gasteiger partial charge >= 0.3 is 0 Å². The lowest BCUT2D eigenvalue weighted by atomic mass is 10.1. The van der Waals surface area contributed by atoms with Gasteiger partial charge < -0.3 is 4.98 Å². The van der Waals surface area contributed by atoms with Gasteiger partial charge in [0.2, 0.25) is 0 Å². The Hall–Kier alpha value is -0.220. The predicted molar refractivity (Wildman–Crippen MR) is 76.9 cm³/mol. The lowest BCUT2D eigenvalue weighted by Crippen LogP contribution is -2.07. The Morgan fingerprint density at radius 1 is 1.41 bits per heavy atom. The van der Waals surface area contributed by atoms with Crippen molar-refractivity contribution < 1.29 is 0 Å². The summed E-state index contributed by atoms with van der Waals surface area (Å²) >= 11 is 8.89. The summed E-state index contributed by atoms with van der Waals surface area (Å²) in [4.78, 5) is 8.04. The van der Waals surface area contributed by atoms with Gasteiger partial charge in [-0.15, -0.1) is 0 Å². The van der Waals surface area contributed by atoms with E-state index in [4.69, 9.17) is 12.2 Å². The Bertz CT molecular complexity index is 447. The highest BCUT2D eigenvalue weighted by Crippen LogP contribution is 2.33. The Morgan fingerprint density at radius 3 is 2.65 bits per heavy atom. The van der Waals surface area contributed by atoms with Crippen LogP contribution in [0.5, 0.6) is 0 Å². The molecule has 0 spiro atoms. The van der Waals surface area contributed by atoms with Gasteiger partial charge in [0.25, 0.3) is 0 Å². The first-order chi connectivity index (χ1) is 8.08. The summed E-state index contributed by atoms with van der Waals surface area (Å²) in [7, 11) is 0. The van der Waals surface area contributed by atoms with Crippen molar-refractivity contribution in [2.75, 3.05) is 0 Å². The smallest absolute Gasteiger partial charge is 0.144 e. The lowest BCUT2D eigenvalue weighted by Gasteiger charge is -2.14. The third kappa shape index (κ3) is 3.16. The average Bonchev–Trinajstić information content (AvgIpc) is 2.77. The summed E-state index contributed by atoms with van der Waals surface area (Å²) in [6.07, 6.45) is 6.17. The second-order valence-corrected chi connectivity index (χ2v) is 6.48. The highest BCUT2D eigenvalue weighted by molar-refractivity contribution is 9.10. The largest absolute Gasteiger partial charge is 0.346 e. The summed E-state index contributed by atoms with van der Waals surface area (Å²) in [5, 5.41) is 0. The minimum atomic E-state index is 0.593. The van der Waals surface area contributed by atoms with Crippen molar-refractivity contribution in [3.8, 4) is 0 Å². The topological polar surface area (TPSA) is 28.7 Å². The molecule has 1 aliphatic carbocycles. The molecule has 0 atom stereocenters. The molecule has 0 saturated heterocycles. The molecule has 2 rings (SSSR count). The summed E-state index contributed by atoms with van der Waals surface area (Å²) < 4.78 is 1.68. The first-order valence-electron chi connectivity index (χ1n) is 6.36. The lowest BCUT2D eigenvalue weighted by molar-refractivity contribution is 0.609. The van der Waals surface area contributed by atoms with Gasteiger partial charge in [-0.1, -0.05) is 38.9 Å². The van der Waals surface area contributed by atoms with Gasteiger partial charge in [0.15, 0.2) is 0 Å². The van der Waals surface area contributed by atoms with Crippen molar-refractivity contribution in [1.82, 2.24) is 9.97 Å². The molecule has 1 N–H and O–H groups in total. The van der Waals surface area contributed by atoms with Crippen LogP contribution in [0.4, 0.5) is 0 Å². The van der Waals surface area contributed by atoms with Crippen LogP contribution in [0.3, 0.4) is 0 Å². The molecule has 1 saturated carbocycles. The summed E-state index contributed by atoms with van der Waals surface area (Å²) in [5.74, 6) is 2.32. The molecule has 0 unspecified atom stereocenters. The Balaban J connectivity index is 2.34. The maximum absolute atomic E-state index is 5.34. The van der Waals surface area contributed by atoms with Crippen molar-refractivity contribution in [2.45, 2.75) is 51.9 Å². The van der Waals surface area contributed by atoms with Crippen LogP contribution in [0.1, 0.15) is 57.0 Å². The molecule has 1 fully saturated rings. The van der Waals surface area contributed by atoms with Gasteiger partial charge in [0, 0.05) is 11.6 Å². The second-order valence-electron chi connectivity index (χ2n) is 5.30. The van der Waals surface area contributed by atoms with Gasteiger partial charge in [-0.2, -0.15) is 0 Å². The minimum Gasteiger partial charge on any atom is -0.346 e. The zero-order valence-electron chi connectivity index (χ0n) is 10.4. The van der Waals surface area contributed by atoms with Gasteiger partial charge in [0.05, 0.1) is 4.47 Å². The summed E-state index contributed by atoms with van der Waals surface area (Å²) in [6, 6.07) is 0. The number of aromatic amines is 1. The van der Waals surface area contributed by atoms with E-state index in [-0.39, 0.29) is 0 Å². The van der Waals surface area contributed by atoms with Gasteiger partial charge in [-0.05, 0) is 41.1 Å². The molecule has 2 nitrogen and oxygen atoms in total. The first-order valence-corrected chi connectivity index (χ1v) is 7.56. The number of hydrogen-bond acceptors (Lipinski definition) is 2. The number of aromatic nitrogens is 2. The van der Waals surface area contributed by atoms with Gasteiger partial charge in [0.1, 0.15) is 10.5 Å². The van der Waals surface area contributed by atoms with E-state index in [1.54, 1.807) is 0 Å². The molecule has 0 aromatic carbocycles. The molecule has 1 aliphatic rings. The number of H-pyrrole nitrogens is 1. The van der Waals surface area contributed by atoms with Crippen LogP contribution in [-0.2, 0) is 6.42 Å². The number of halogens is 1. The van der Waals surface area contributed by atoms with E-state index < -0.39 is 0 Å². The number of nitrogens with one attached hydrogen (secondary N) is 1. The predicted octanol–water partition coefficient (Wildman–Crippen LogP) is 4.76. The Kier molecular flexibility index (Phi) is 4.36. The molecule has 0 radical (unpaired) electrons. The van der Waals surface area contributed by atoms with E-state index in [0.29, 0.717) is 16.5 Å². The molecular formula is C13H19BrN2S. The van der Waals surface area contributed by atoms with Crippen molar-refractivity contribution in [1.29, 1.82) is 0 Å². The SMILES string of the molecule is CC(C)Cc1[nH]c(C2CCCC2)nc(=S)c1Br. The fourth-order valence-electron chi connectivity index (χ4n) is 2.47. The molecule has 0 bridgehead atoms. The fraction of sp³-hybridized carbons (Fsp3) is 0.692. The van der Waals surface area contributed by atoms with Crippen LogP contribution in [-0.4, -0.2) is 9.97 Å². The van der Waals surface area contributed by atoms with Crippen LogP contribution >= 0.6 is 28.1 Å². The monoisotopic (exact) mass is 314 g/mol. The average molecular weight is 315 g/mol. The van der Waals surface area contributed by atoms with E-state index >= 15 is 0 Å². The Labute approximate surface area is 116 Å². The first kappa shape index (κ1) is 13.2. The van der Waals surface area contributed by atoms with E-state index in [2.05, 4.69) is 39.7 Å². The summed E-state index contributed by atoms with van der Waals surface area (Å²) in [6.45, 7) is 4.44. The standard InChI is InChI=1S/C13H19BrN2S/c1-8(2)7-10-11(14)13(17)16-12(15-10)9-5-3-4-6-9/h8-9H,3-7H2,1-2H3,(H,15,16,17). The van der Waals surface area contributed by atoms with E-state index in [1.807, 2.05) is 0 Å². The zero-order chi connectivity index (χ0) is 12.4. The second kappa shape index (κ2) is 5.61. The molecule has 1 heterocycles. The zero-order valence-corrected chi connectivity index (χ0v) is 12.8. The fourth-order valence-corrected chi connectivity index (χ4v) is 3.04. The maximum atomic E-state index is 5.34. The van der Waals surface area contributed by atoms with Crippen LogP contribution in [0.15, 0.2) is 4.47 Å². The van der Waals surface area contributed by atoms with Crippen LogP contribution in [0.2, 0.25) is 0 Å². The highest BCUT2D eigenvalue weighted by atomic mass is 79.9. The quantitative estimate of drug-likeness (QED) is 0.815. The van der Waals surface area contributed by atoms with Crippen molar-refractivity contribution in [3.63, 3.8) is 0 Å². The number of nitrogens with zero attached hydrogens (tertiary/aromatic N) is 1. The maximum Gasteiger partial charge on any atom is 0.144 e. The number of hydrogen-bond donors (Lipinski definition) is 1. The third-order valence-corrected chi connectivity index (χ3v) is 4.72. The third-order valence-electron chi connectivity index (χ3n) is 3.31. The van der Waals surface area contributed by atoms with Crippen LogP contribution < -0.4 is 0 Å². The molecule has 94 valence electrons. The van der Waals surface area contributed by atoms with E-state index in [9.17, 15) is 0 Å². The minimum absolute atomic E-state index is 0.593. The molecular weight excluding hydrogens is 296 g/mol. The Morgan fingerprint density at radius 2 is 2.06 bits per heavy atom. The molecule has 17 heavy (non-hydrogen) atoms. The van der Waals surface area contributed by atoms with E-state index in [1.165, 1.54) is 31.4 Å². The van der Waals surface area contributed by atoms with Gasteiger partial charge in [-0.25, -0.2) is 4.98 Å². The molecule has 1 aromatic heterocycles. The van der Waals surface area contributed by atoms with E-state index in [0.717, 1.165) is 16.7 Å². The molecule has 0 aliphatic heterocycles. The van der Waals surface area contributed by atoms with Crippen LogP contribution in [0.25, 0.3) is 0 Å². The van der Waals surface area contributed by atoms with Crippen molar-refractivity contribution >= 4 is 28.1 Å². The normalized spacial score (nSPS) is 16.9.